The number of benzene rings is 1. The van der Waals surface area contributed by atoms with Gasteiger partial charge < -0.3 is 19.7 Å². The van der Waals surface area contributed by atoms with Crippen LogP contribution >= 0.6 is 22.6 Å². The highest BCUT2D eigenvalue weighted by Crippen LogP contribution is 2.45. The van der Waals surface area contributed by atoms with Gasteiger partial charge in [0.25, 0.3) is 0 Å². The molecule has 6 heteroatoms. The molecular formula is C23H29IO5. The number of ether oxygens (including phenoxy) is 2. The van der Waals surface area contributed by atoms with Crippen LogP contribution in [0.4, 0.5) is 0 Å². The second-order valence-corrected chi connectivity index (χ2v) is 8.99. The predicted molar refractivity (Wildman–Crippen MR) is 120 cm³/mol. The van der Waals surface area contributed by atoms with E-state index in [0.29, 0.717) is 24.4 Å². The lowest BCUT2D eigenvalue weighted by molar-refractivity contribution is -0.137. The number of hydrogen-bond donors (Lipinski definition) is 2. The molecule has 2 bridgehead atoms. The van der Waals surface area contributed by atoms with Crippen molar-refractivity contribution in [3.8, 4) is 5.75 Å². The van der Waals surface area contributed by atoms with E-state index in [0.717, 1.165) is 35.0 Å². The van der Waals surface area contributed by atoms with Crippen molar-refractivity contribution in [2.75, 3.05) is 6.61 Å². The monoisotopic (exact) mass is 512 g/mol. The normalized spacial score (nSPS) is 27.1. The van der Waals surface area contributed by atoms with E-state index in [9.17, 15) is 9.90 Å². The highest BCUT2D eigenvalue weighted by Gasteiger charge is 2.46. The van der Waals surface area contributed by atoms with Gasteiger partial charge in [-0.2, -0.15) is 0 Å². The Bertz CT molecular complexity index is 714. The number of aliphatic hydroxyl groups is 1. The molecule has 2 aliphatic rings. The van der Waals surface area contributed by atoms with E-state index < -0.39 is 12.1 Å². The number of carboxylic acids is 1. The predicted octanol–water partition coefficient (Wildman–Crippen LogP) is 4.58. The molecule has 2 N–H and O–H groups in total. The molecule has 29 heavy (non-hydrogen) atoms. The Kier molecular flexibility index (Phi) is 8.56. The van der Waals surface area contributed by atoms with Gasteiger partial charge in [-0.05, 0) is 84.9 Å². The third kappa shape index (κ3) is 6.83. The fourth-order valence-corrected chi connectivity index (χ4v) is 4.51. The molecule has 0 spiro atoms. The van der Waals surface area contributed by atoms with Gasteiger partial charge in [-0.15, -0.1) is 0 Å². The first kappa shape index (κ1) is 22.3. The summed E-state index contributed by atoms with van der Waals surface area (Å²) in [6.45, 7) is 0.229. The SMILES string of the molecule is O=C(O)CCC/C=C\C[C@H]1C2CCC(O2)[C@@H]1/C=C/[C@@H](O)COc1ccc(I)cc1. The fourth-order valence-electron chi connectivity index (χ4n) is 4.15. The van der Waals surface area contributed by atoms with Crippen LogP contribution in [0.5, 0.6) is 5.75 Å². The van der Waals surface area contributed by atoms with E-state index in [1.807, 2.05) is 30.3 Å². The van der Waals surface area contributed by atoms with Crippen LogP contribution in [0.3, 0.4) is 0 Å². The maximum absolute atomic E-state index is 10.6. The van der Waals surface area contributed by atoms with Crippen LogP contribution < -0.4 is 4.74 Å². The Morgan fingerprint density at radius 3 is 2.76 bits per heavy atom. The molecule has 1 aromatic carbocycles. The van der Waals surface area contributed by atoms with Crippen LogP contribution in [0, 0.1) is 15.4 Å². The highest BCUT2D eigenvalue weighted by molar-refractivity contribution is 14.1. The Morgan fingerprint density at radius 2 is 2.00 bits per heavy atom. The smallest absolute Gasteiger partial charge is 0.303 e. The van der Waals surface area contributed by atoms with E-state index >= 15 is 0 Å². The van der Waals surface area contributed by atoms with Crippen LogP contribution in [-0.4, -0.2) is 41.1 Å². The topological polar surface area (TPSA) is 76.0 Å². The second-order valence-electron chi connectivity index (χ2n) is 7.74. The molecule has 0 saturated carbocycles. The molecule has 3 rings (SSSR count). The van der Waals surface area contributed by atoms with Crippen molar-refractivity contribution in [1.29, 1.82) is 0 Å². The molecule has 158 valence electrons. The van der Waals surface area contributed by atoms with Gasteiger partial charge >= 0.3 is 5.97 Å². The zero-order chi connectivity index (χ0) is 20.6. The molecular weight excluding hydrogens is 483 g/mol. The molecule has 2 heterocycles. The number of unbranched alkanes of at least 4 members (excludes halogenated alkanes) is 1. The first-order chi connectivity index (χ1) is 14.0. The lowest BCUT2D eigenvalue weighted by atomic mass is 9.77. The number of carbonyl (C=O) groups is 1. The number of aliphatic carboxylic acids is 1. The average molecular weight is 512 g/mol. The summed E-state index contributed by atoms with van der Waals surface area (Å²) in [5.41, 5.74) is 0. The van der Waals surface area contributed by atoms with Gasteiger partial charge in [0, 0.05) is 15.9 Å². The molecule has 2 fully saturated rings. The van der Waals surface area contributed by atoms with Crippen molar-refractivity contribution in [3.63, 3.8) is 0 Å². The number of fused-ring (bicyclic) bond motifs is 2. The molecule has 2 saturated heterocycles. The summed E-state index contributed by atoms with van der Waals surface area (Å²) in [5, 5.41) is 19.0. The van der Waals surface area contributed by atoms with E-state index in [2.05, 4.69) is 40.8 Å². The highest BCUT2D eigenvalue weighted by atomic mass is 127. The molecule has 2 unspecified atom stereocenters. The molecule has 2 aliphatic heterocycles. The van der Waals surface area contributed by atoms with Crippen molar-refractivity contribution < 1.29 is 24.5 Å². The average Bonchev–Trinajstić information content (AvgIpc) is 3.30. The molecule has 0 amide bonds. The molecule has 0 aromatic heterocycles. The number of rotatable bonds is 11. The van der Waals surface area contributed by atoms with E-state index in [1.54, 1.807) is 0 Å². The summed E-state index contributed by atoms with van der Waals surface area (Å²) >= 11 is 2.25. The number of allylic oxidation sites excluding steroid dienone is 2. The van der Waals surface area contributed by atoms with Gasteiger partial charge in [0.15, 0.2) is 0 Å². The Hall–Kier alpha value is -1.38. The summed E-state index contributed by atoms with van der Waals surface area (Å²) in [5.74, 6) is 0.747. The van der Waals surface area contributed by atoms with Crippen LogP contribution in [0.15, 0.2) is 48.6 Å². The third-order valence-corrected chi connectivity index (χ3v) is 6.33. The minimum atomic E-state index is -0.741. The van der Waals surface area contributed by atoms with Crippen LogP contribution in [0.25, 0.3) is 0 Å². The van der Waals surface area contributed by atoms with Gasteiger partial charge in [0.05, 0.1) is 12.2 Å². The zero-order valence-corrected chi connectivity index (χ0v) is 18.6. The van der Waals surface area contributed by atoms with Gasteiger partial charge in [-0.3, -0.25) is 4.79 Å². The number of carboxylic acid groups (broad SMARTS) is 1. The van der Waals surface area contributed by atoms with Crippen LogP contribution in [-0.2, 0) is 9.53 Å². The van der Waals surface area contributed by atoms with Crippen LogP contribution in [0.1, 0.15) is 38.5 Å². The molecule has 1 aromatic rings. The van der Waals surface area contributed by atoms with Crippen molar-refractivity contribution in [2.45, 2.75) is 56.8 Å². The van der Waals surface area contributed by atoms with Crippen molar-refractivity contribution >= 4 is 28.6 Å². The molecule has 0 aliphatic carbocycles. The van der Waals surface area contributed by atoms with Gasteiger partial charge in [-0.1, -0.05) is 24.3 Å². The van der Waals surface area contributed by atoms with Crippen molar-refractivity contribution in [3.05, 3.63) is 52.1 Å². The summed E-state index contributed by atoms with van der Waals surface area (Å²) in [6.07, 6.45) is 12.9. The molecule has 0 radical (unpaired) electrons. The quantitative estimate of drug-likeness (QED) is 0.258. The van der Waals surface area contributed by atoms with Gasteiger partial charge in [0.1, 0.15) is 18.5 Å². The number of hydrogen-bond acceptors (Lipinski definition) is 4. The molecule has 5 nitrogen and oxygen atoms in total. The van der Waals surface area contributed by atoms with Crippen LogP contribution in [0.2, 0.25) is 0 Å². The van der Waals surface area contributed by atoms with Gasteiger partial charge in [0.2, 0.25) is 0 Å². The lowest BCUT2D eigenvalue weighted by Crippen LogP contribution is -2.26. The first-order valence-corrected chi connectivity index (χ1v) is 11.4. The van der Waals surface area contributed by atoms with E-state index in [-0.39, 0.29) is 19.1 Å². The fraction of sp³-hybridized carbons (Fsp3) is 0.522. The Morgan fingerprint density at radius 1 is 1.24 bits per heavy atom. The lowest BCUT2D eigenvalue weighted by Gasteiger charge is -2.25. The minimum Gasteiger partial charge on any atom is -0.491 e. The van der Waals surface area contributed by atoms with E-state index in [4.69, 9.17) is 14.6 Å². The summed E-state index contributed by atoms with van der Waals surface area (Å²) in [6, 6.07) is 7.76. The Labute approximate surface area is 185 Å². The minimum absolute atomic E-state index is 0.217. The molecule has 5 atom stereocenters. The summed E-state index contributed by atoms with van der Waals surface area (Å²) < 4.78 is 12.9. The maximum atomic E-state index is 10.6. The number of aliphatic hydroxyl groups excluding tert-OH is 1. The zero-order valence-electron chi connectivity index (χ0n) is 16.5. The standard InChI is InChI=1S/C23H29IO5/c24-16-7-10-18(11-8-16)28-15-17(25)9-12-20-19(21-13-14-22(20)29-21)5-3-1-2-4-6-23(26)27/h1,3,7-12,17,19-22,25H,2,4-6,13-15H2,(H,26,27)/b3-1-,12-9+/t17-,19-,20-,21?,22?/m1/s1. The summed E-state index contributed by atoms with van der Waals surface area (Å²) in [4.78, 5) is 10.6. The van der Waals surface area contributed by atoms with Gasteiger partial charge in [-0.25, -0.2) is 0 Å². The largest absolute Gasteiger partial charge is 0.491 e. The first-order valence-electron chi connectivity index (χ1n) is 10.3. The third-order valence-electron chi connectivity index (χ3n) is 5.61. The van der Waals surface area contributed by atoms with E-state index in [1.165, 1.54) is 0 Å². The Balaban J connectivity index is 1.46. The summed E-state index contributed by atoms with van der Waals surface area (Å²) in [7, 11) is 0. The second kappa shape index (κ2) is 11.1. The number of halogens is 1. The van der Waals surface area contributed by atoms with Crippen molar-refractivity contribution in [1.82, 2.24) is 0 Å². The maximum Gasteiger partial charge on any atom is 0.303 e. The van der Waals surface area contributed by atoms with Crippen molar-refractivity contribution in [2.24, 2.45) is 11.8 Å².